The third-order valence-electron chi connectivity index (χ3n) is 3.39. The highest BCUT2D eigenvalue weighted by Gasteiger charge is 2.11. The van der Waals surface area contributed by atoms with Crippen molar-refractivity contribution in [3.8, 4) is 5.75 Å². The van der Waals surface area contributed by atoms with E-state index in [4.69, 9.17) is 44.3 Å². The van der Waals surface area contributed by atoms with E-state index in [1.165, 1.54) is 12.1 Å². The topological polar surface area (TPSA) is 52.6 Å². The van der Waals surface area contributed by atoms with Gasteiger partial charge in [-0.25, -0.2) is 0 Å². The van der Waals surface area contributed by atoms with Crippen molar-refractivity contribution in [3.05, 3.63) is 27.2 Å². The van der Waals surface area contributed by atoms with E-state index in [1.807, 2.05) is 0 Å². The maximum absolute atomic E-state index is 11.8. The molecule has 0 atom stereocenters. The van der Waals surface area contributed by atoms with Crippen molar-refractivity contribution < 1.29 is 19.1 Å². The smallest absolute Gasteiger partial charge is 0.311 e. The van der Waals surface area contributed by atoms with Gasteiger partial charge in [0.2, 0.25) is 0 Å². The molecule has 0 saturated heterocycles. The summed E-state index contributed by atoms with van der Waals surface area (Å²) in [5.41, 5.74) is 0. The zero-order valence-corrected chi connectivity index (χ0v) is 16.7. The first-order chi connectivity index (χ1) is 11.8. The molecule has 0 amide bonds. The van der Waals surface area contributed by atoms with Gasteiger partial charge in [-0.3, -0.25) is 9.59 Å². The molecule has 0 fully saturated rings. The van der Waals surface area contributed by atoms with Crippen LogP contribution in [0.25, 0.3) is 0 Å². The quantitative estimate of drug-likeness (QED) is 0.203. The highest BCUT2D eigenvalue weighted by Crippen LogP contribution is 2.34. The van der Waals surface area contributed by atoms with Crippen LogP contribution in [0.4, 0.5) is 0 Å². The third kappa shape index (κ3) is 9.34. The highest BCUT2D eigenvalue weighted by molar-refractivity contribution is 6.48. The lowest BCUT2D eigenvalue weighted by Crippen LogP contribution is -2.09. The summed E-state index contributed by atoms with van der Waals surface area (Å²) in [6, 6.07) is 2.87. The van der Waals surface area contributed by atoms with E-state index in [0.29, 0.717) is 31.8 Å². The highest BCUT2D eigenvalue weighted by atomic mass is 35.5. The Kier molecular flexibility index (Phi) is 10.2. The molecule has 0 unspecified atom stereocenters. The molecule has 0 aliphatic rings. The van der Waals surface area contributed by atoms with Crippen molar-refractivity contribution in [2.24, 2.45) is 5.92 Å². The molecule has 7 heteroatoms. The number of esters is 2. The summed E-state index contributed by atoms with van der Waals surface area (Å²) in [4.78, 5) is 23.3. The number of rotatable bonds is 10. The third-order valence-corrected chi connectivity index (χ3v) is 4.59. The predicted molar refractivity (Wildman–Crippen MR) is 101 cm³/mol. The standard InChI is InChI=1S/C18H23Cl3O4/c1-12(2)6-5-9-24-16(22)7-3-4-8-17(23)25-13-10-14(19)18(21)15(20)11-13/h10-12H,3-9H2,1-2H3. The van der Waals surface area contributed by atoms with Crippen LogP contribution in [0.3, 0.4) is 0 Å². The van der Waals surface area contributed by atoms with Crippen LogP contribution in [0.2, 0.25) is 15.1 Å². The van der Waals surface area contributed by atoms with E-state index in [2.05, 4.69) is 13.8 Å². The van der Waals surface area contributed by atoms with Gasteiger partial charge in [0.15, 0.2) is 0 Å². The van der Waals surface area contributed by atoms with Crippen LogP contribution in [-0.2, 0) is 14.3 Å². The van der Waals surface area contributed by atoms with Crippen LogP contribution in [-0.4, -0.2) is 18.5 Å². The summed E-state index contributed by atoms with van der Waals surface area (Å²) < 4.78 is 10.3. The molecule has 140 valence electrons. The Morgan fingerprint density at radius 2 is 1.52 bits per heavy atom. The summed E-state index contributed by atoms with van der Waals surface area (Å²) in [5, 5.41) is 0.657. The predicted octanol–water partition coefficient (Wildman–Crippen LogP) is 6.09. The van der Waals surface area contributed by atoms with Crippen LogP contribution in [0.5, 0.6) is 5.75 Å². The summed E-state index contributed by atoms with van der Waals surface area (Å²) in [6.45, 7) is 4.72. The van der Waals surface area contributed by atoms with E-state index in [0.717, 1.165) is 12.8 Å². The molecule has 1 aromatic rings. The van der Waals surface area contributed by atoms with Crippen LogP contribution in [0.15, 0.2) is 12.1 Å². The monoisotopic (exact) mass is 408 g/mol. The van der Waals surface area contributed by atoms with Crippen molar-refractivity contribution in [1.82, 2.24) is 0 Å². The Labute approximate surface area is 163 Å². The molecule has 0 aromatic heterocycles. The molecule has 0 heterocycles. The number of carbonyl (C=O) groups is 2. The largest absolute Gasteiger partial charge is 0.466 e. The molecule has 1 rings (SSSR count). The summed E-state index contributed by atoms with van der Waals surface area (Å²) >= 11 is 17.6. The Balaban J connectivity index is 2.19. The molecule has 25 heavy (non-hydrogen) atoms. The summed E-state index contributed by atoms with van der Waals surface area (Å²) in [6.07, 6.45) is 3.51. The van der Waals surface area contributed by atoms with Crippen LogP contribution in [0.1, 0.15) is 52.4 Å². The SMILES string of the molecule is CC(C)CCCOC(=O)CCCCC(=O)Oc1cc(Cl)c(Cl)c(Cl)c1. The number of hydrogen-bond acceptors (Lipinski definition) is 4. The number of unbranched alkanes of at least 4 members (excludes halogenated alkanes) is 1. The molecule has 0 N–H and O–H groups in total. The Morgan fingerprint density at radius 3 is 2.08 bits per heavy atom. The van der Waals surface area contributed by atoms with E-state index in [-0.39, 0.29) is 33.2 Å². The van der Waals surface area contributed by atoms with Gasteiger partial charge in [-0.15, -0.1) is 0 Å². The molecule has 0 saturated carbocycles. The van der Waals surface area contributed by atoms with Gasteiger partial charge in [0.25, 0.3) is 0 Å². The summed E-state index contributed by atoms with van der Waals surface area (Å²) in [5.74, 6) is 0.206. The van der Waals surface area contributed by atoms with Gasteiger partial charge in [-0.2, -0.15) is 0 Å². The van der Waals surface area contributed by atoms with Crippen molar-refractivity contribution in [1.29, 1.82) is 0 Å². The first kappa shape index (κ1) is 22.1. The average molecular weight is 410 g/mol. The van der Waals surface area contributed by atoms with Gasteiger partial charge in [-0.05, 0) is 31.6 Å². The maximum Gasteiger partial charge on any atom is 0.311 e. The second-order valence-corrected chi connectivity index (χ2v) is 7.33. The van der Waals surface area contributed by atoms with Crippen LogP contribution < -0.4 is 4.74 Å². The van der Waals surface area contributed by atoms with Gasteiger partial charge >= 0.3 is 11.9 Å². The lowest BCUT2D eigenvalue weighted by molar-refractivity contribution is -0.144. The zero-order valence-electron chi connectivity index (χ0n) is 14.4. The molecule has 0 aliphatic carbocycles. The van der Waals surface area contributed by atoms with E-state index >= 15 is 0 Å². The van der Waals surface area contributed by atoms with Gasteiger partial charge in [0, 0.05) is 25.0 Å². The fraction of sp³-hybridized carbons (Fsp3) is 0.556. The molecule has 0 spiro atoms. The minimum atomic E-state index is -0.417. The van der Waals surface area contributed by atoms with Gasteiger partial charge in [-0.1, -0.05) is 48.7 Å². The average Bonchev–Trinajstić information content (AvgIpc) is 2.53. The van der Waals surface area contributed by atoms with Crippen molar-refractivity contribution >= 4 is 46.7 Å². The molecule has 4 nitrogen and oxygen atoms in total. The minimum Gasteiger partial charge on any atom is -0.466 e. The van der Waals surface area contributed by atoms with E-state index in [9.17, 15) is 9.59 Å². The summed E-state index contributed by atoms with van der Waals surface area (Å²) in [7, 11) is 0. The second-order valence-electron chi connectivity index (χ2n) is 6.14. The normalized spacial score (nSPS) is 10.8. The maximum atomic E-state index is 11.8. The first-order valence-electron chi connectivity index (χ1n) is 8.30. The number of benzene rings is 1. The Bertz CT molecular complexity index is 565. The Hall–Kier alpha value is -0.970. The number of halogens is 3. The van der Waals surface area contributed by atoms with Gasteiger partial charge in [0.05, 0.1) is 21.7 Å². The molecule has 0 radical (unpaired) electrons. The minimum absolute atomic E-state index is 0.193. The number of hydrogen-bond donors (Lipinski definition) is 0. The Morgan fingerprint density at radius 1 is 0.960 bits per heavy atom. The van der Waals surface area contributed by atoms with Crippen LogP contribution in [0, 0.1) is 5.92 Å². The van der Waals surface area contributed by atoms with Crippen LogP contribution >= 0.6 is 34.8 Å². The molecule has 0 bridgehead atoms. The molecule has 1 aromatic carbocycles. The fourth-order valence-electron chi connectivity index (χ4n) is 2.06. The van der Waals surface area contributed by atoms with Gasteiger partial charge < -0.3 is 9.47 Å². The molecular weight excluding hydrogens is 387 g/mol. The molecule has 0 aliphatic heterocycles. The fourth-order valence-corrected chi connectivity index (χ4v) is 2.64. The number of carbonyl (C=O) groups excluding carboxylic acids is 2. The molecular formula is C18H23Cl3O4. The second kappa shape index (κ2) is 11.6. The lowest BCUT2D eigenvalue weighted by Gasteiger charge is -2.07. The number of ether oxygens (including phenoxy) is 2. The van der Waals surface area contributed by atoms with E-state index < -0.39 is 5.97 Å². The van der Waals surface area contributed by atoms with E-state index in [1.54, 1.807) is 0 Å². The van der Waals surface area contributed by atoms with Crippen molar-refractivity contribution in [2.75, 3.05) is 6.61 Å². The zero-order chi connectivity index (χ0) is 18.8. The van der Waals surface area contributed by atoms with Gasteiger partial charge in [0.1, 0.15) is 5.75 Å². The first-order valence-corrected chi connectivity index (χ1v) is 9.43. The van der Waals surface area contributed by atoms with Crippen molar-refractivity contribution in [3.63, 3.8) is 0 Å². The van der Waals surface area contributed by atoms with Crippen molar-refractivity contribution in [2.45, 2.75) is 52.4 Å². The lowest BCUT2D eigenvalue weighted by atomic mass is 10.1.